The molecule has 3 rings (SSSR count). The summed E-state index contributed by atoms with van der Waals surface area (Å²) < 4.78 is 23.2. The number of thiophene rings is 1. The molecule has 0 spiro atoms. The highest BCUT2D eigenvalue weighted by atomic mass is 32.1. The number of benzene rings is 1. The van der Waals surface area contributed by atoms with Gasteiger partial charge in [0.25, 0.3) is 0 Å². The third-order valence-corrected chi connectivity index (χ3v) is 3.81. The van der Waals surface area contributed by atoms with E-state index in [0.29, 0.717) is 11.3 Å². The molecule has 20 heavy (non-hydrogen) atoms. The Morgan fingerprint density at radius 2 is 2.05 bits per heavy atom. The van der Waals surface area contributed by atoms with Gasteiger partial charge in [-0.2, -0.15) is 0 Å². The number of rotatable bonds is 3. The number of aromatic nitrogens is 1. The molecule has 4 nitrogen and oxygen atoms in total. The van der Waals surface area contributed by atoms with Crippen LogP contribution in [0, 0.1) is 5.82 Å². The maximum absolute atomic E-state index is 13.0. The number of hydrogen-bond donors (Lipinski definition) is 1. The van der Waals surface area contributed by atoms with Gasteiger partial charge in [0.1, 0.15) is 17.3 Å². The number of hydrogen-bond acceptors (Lipinski definition) is 5. The molecule has 0 aliphatic rings. The van der Waals surface area contributed by atoms with Gasteiger partial charge in [-0.1, -0.05) is 17.3 Å². The number of nitrogen functional groups attached to an aromatic ring is 1. The van der Waals surface area contributed by atoms with Crippen LogP contribution in [-0.4, -0.2) is 12.3 Å². The summed E-state index contributed by atoms with van der Waals surface area (Å²) >= 11 is 1.48. The summed E-state index contributed by atoms with van der Waals surface area (Å²) in [4.78, 5) is 0.877. The van der Waals surface area contributed by atoms with Gasteiger partial charge < -0.3 is 15.0 Å². The van der Waals surface area contributed by atoms with Crippen molar-refractivity contribution in [2.24, 2.45) is 0 Å². The minimum Gasteiger partial charge on any atom is -0.496 e. The zero-order valence-corrected chi connectivity index (χ0v) is 11.4. The van der Waals surface area contributed by atoms with Crippen LogP contribution in [0.15, 0.2) is 40.2 Å². The molecule has 0 saturated carbocycles. The summed E-state index contributed by atoms with van der Waals surface area (Å²) in [5, 5.41) is 5.86. The molecule has 1 aromatic carbocycles. The van der Waals surface area contributed by atoms with E-state index < -0.39 is 0 Å². The van der Waals surface area contributed by atoms with Crippen molar-refractivity contribution >= 4 is 17.2 Å². The van der Waals surface area contributed by atoms with Gasteiger partial charge in [0.2, 0.25) is 5.88 Å². The third-order valence-electron chi connectivity index (χ3n) is 2.90. The SMILES string of the molecule is COc1csc(-c2noc(N)c2-c2ccc(F)cc2)c1. The van der Waals surface area contributed by atoms with E-state index in [1.54, 1.807) is 19.2 Å². The van der Waals surface area contributed by atoms with Crippen LogP contribution in [0.25, 0.3) is 21.7 Å². The van der Waals surface area contributed by atoms with Crippen molar-refractivity contribution in [3.05, 3.63) is 41.5 Å². The van der Waals surface area contributed by atoms with E-state index in [4.69, 9.17) is 15.0 Å². The number of halogens is 1. The molecule has 0 saturated heterocycles. The second kappa shape index (κ2) is 4.97. The third kappa shape index (κ3) is 2.14. The molecule has 2 aromatic heterocycles. The summed E-state index contributed by atoms with van der Waals surface area (Å²) in [6.45, 7) is 0. The fourth-order valence-electron chi connectivity index (χ4n) is 1.92. The minimum absolute atomic E-state index is 0.207. The van der Waals surface area contributed by atoms with Crippen LogP contribution >= 0.6 is 11.3 Å². The molecule has 0 amide bonds. The van der Waals surface area contributed by atoms with Crippen molar-refractivity contribution in [3.63, 3.8) is 0 Å². The monoisotopic (exact) mass is 290 g/mol. The van der Waals surface area contributed by atoms with Crippen molar-refractivity contribution in [2.45, 2.75) is 0 Å². The predicted molar refractivity (Wildman–Crippen MR) is 76.2 cm³/mol. The Morgan fingerprint density at radius 1 is 1.30 bits per heavy atom. The highest BCUT2D eigenvalue weighted by Crippen LogP contribution is 2.40. The first-order valence-corrected chi connectivity index (χ1v) is 6.71. The summed E-state index contributed by atoms with van der Waals surface area (Å²) in [5.41, 5.74) is 7.88. The molecule has 0 atom stereocenters. The molecule has 0 radical (unpaired) electrons. The van der Waals surface area contributed by atoms with E-state index in [-0.39, 0.29) is 11.7 Å². The Hall–Kier alpha value is -2.34. The van der Waals surface area contributed by atoms with Gasteiger partial charge in [0.05, 0.1) is 17.6 Å². The highest BCUT2D eigenvalue weighted by Gasteiger charge is 2.19. The average molecular weight is 290 g/mol. The number of nitrogens with two attached hydrogens (primary N) is 1. The number of nitrogens with zero attached hydrogens (tertiary/aromatic N) is 1. The Balaban J connectivity index is 2.11. The normalized spacial score (nSPS) is 10.7. The Labute approximate surface area is 118 Å². The molecule has 6 heteroatoms. The molecule has 0 aliphatic heterocycles. The molecule has 2 N–H and O–H groups in total. The van der Waals surface area contributed by atoms with E-state index >= 15 is 0 Å². The molecule has 3 aromatic rings. The number of anilines is 1. The van der Waals surface area contributed by atoms with Crippen molar-refractivity contribution in [1.82, 2.24) is 5.16 Å². The largest absolute Gasteiger partial charge is 0.496 e. The van der Waals surface area contributed by atoms with E-state index in [1.807, 2.05) is 11.4 Å². The fourth-order valence-corrected chi connectivity index (χ4v) is 2.76. The van der Waals surface area contributed by atoms with Crippen LogP contribution in [-0.2, 0) is 0 Å². The first-order valence-electron chi connectivity index (χ1n) is 5.83. The zero-order chi connectivity index (χ0) is 14.1. The standard InChI is InChI=1S/C14H11FN2O2S/c1-18-10-6-11(20-7-10)13-12(14(16)19-17-13)8-2-4-9(15)5-3-8/h2-7H,16H2,1H3. The van der Waals surface area contributed by atoms with E-state index in [0.717, 1.165) is 16.2 Å². The maximum atomic E-state index is 13.0. The number of ether oxygens (including phenoxy) is 1. The second-order valence-corrected chi connectivity index (χ2v) is 5.04. The van der Waals surface area contributed by atoms with Crippen LogP contribution in [0.3, 0.4) is 0 Å². The van der Waals surface area contributed by atoms with Gasteiger partial charge in [0.15, 0.2) is 0 Å². The molecule has 0 fully saturated rings. The maximum Gasteiger partial charge on any atom is 0.230 e. The Bertz CT molecular complexity index is 734. The molecule has 0 aliphatic carbocycles. The Morgan fingerprint density at radius 3 is 2.70 bits per heavy atom. The van der Waals surface area contributed by atoms with Crippen molar-refractivity contribution < 1.29 is 13.7 Å². The van der Waals surface area contributed by atoms with Crippen molar-refractivity contribution in [2.75, 3.05) is 12.8 Å². The highest BCUT2D eigenvalue weighted by molar-refractivity contribution is 7.13. The average Bonchev–Trinajstić information content (AvgIpc) is 3.06. The van der Waals surface area contributed by atoms with Gasteiger partial charge >= 0.3 is 0 Å². The van der Waals surface area contributed by atoms with Crippen molar-refractivity contribution in [1.29, 1.82) is 0 Å². The quantitative estimate of drug-likeness (QED) is 0.797. The topological polar surface area (TPSA) is 61.3 Å². The summed E-state index contributed by atoms with van der Waals surface area (Å²) in [6.07, 6.45) is 0. The summed E-state index contributed by atoms with van der Waals surface area (Å²) in [5.74, 6) is 0.652. The van der Waals surface area contributed by atoms with Crippen LogP contribution in [0.1, 0.15) is 0 Å². The number of methoxy groups -OCH3 is 1. The first-order chi connectivity index (χ1) is 9.69. The van der Waals surface area contributed by atoms with Crippen LogP contribution in [0.4, 0.5) is 10.3 Å². The van der Waals surface area contributed by atoms with Gasteiger partial charge in [0, 0.05) is 11.4 Å². The molecule has 2 heterocycles. The Kier molecular flexibility index (Phi) is 3.15. The molecular formula is C14H11FN2O2S. The van der Waals surface area contributed by atoms with Crippen LogP contribution in [0.5, 0.6) is 5.75 Å². The first kappa shape index (κ1) is 12.7. The molecular weight excluding hydrogens is 279 g/mol. The summed E-state index contributed by atoms with van der Waals surface area (Å²) in [7, 11) is 1.60. The molecule has 0 bridgehead atoms. The van der Waals surface area contributed by atoms with Crippen molar-refractivity contribution in [3.8, 4) is 27.4 Å². The molecule has 102 valence electrons. The zero-order valence-electron chi connectivity index (χ0n) is 10.6. The van der Waals surface area contributed by atoms with Gasteiger partial charge in [-0.05, 0) is 17.7 Å². The van der Waals surface area contributed by atoms with E-state index in [9.17, 15) is 4.39 Å². The van der Waals surface area contributed by atoms with E-state index in [1.165, 1.54) is 23.5 Å². The lowest BCUT2D eigenvalue weighted by atomic mass is 10.0. The summed E-state index contributed by atoms with van der Waals surface area (Å²) in [6, 6.07) is 7.90. The van der Waals surface area contributed by atoms with Gasteiger partial charge in [-0.15, -0.1) is 11.3 Å². The van der Waals surface area contributed by atoms with Gasteiger partial charge in [-0.3, -0.25) is 0 Å². The lowest BCUT2D eigenvalue weighted by Crippen LogP contribution is -1.87. The van der Waals surface area contributed by atoms with Crippen LogP contribution in [0.2, 0.25) is 0 Å². The molecule has 0 unspecified atom stereocenters. The smallest absolute Gasteiger partial charge is 0.230 e. The van der Waals surface area contributed by atoms with Gasteiger partial charge in [-0.25, -0.2) is 4.39 Å². The fraction of sp³-hybridized carbons (Fsp3) is 0.0714. The second-order valence-electron chi connectivity index (χ2n) is 4.13. The minimum atomic E-state index is -0.303. The lowest BCUT2D eigenvalue weighted by Gasteiger charge is -2.01. The van der Waals surface area contributed by atoms with E-state index in [2.05, 4.69) is 5.16 Å². The lowest BCUT2D eigenvalue weighted by molar-refractivity contribution is 0.416. The predicted octanol–water partition coefficient (Wildman–Crippen LogP) is 3.80. The van der Waals surface area contributed by atoms with Crippen LogP contribution < -0.4 is 10.5 Å².